The second-order valence-electron chi connectivity index (χ2n) is 12.8. The number of morpholine rings is 1. The molecule has 1 aliphatic carbocycles. The van der Waals surface area contributed by atoms with Crippen LogP contribution in [0.5, 0.6) is 0 Å². The van der Waals surface area contributed by atoms with Crippen LogP contribution < -0.4 is 0 Å². The van der Waals surface area contributed by atoms with Gasteiger partial charge in [-0.1, -0.05) is 29.8 Å². The van der Waals surface area contributed by atoms with Gasteiger partial charge in [0, 0.05) is 91.7 Å². The van der Waals surface area contributed by atoms with E-state index in [4.69, 9.17) is 21.4 Å². The first-order valence-electron chi connectivity index (χ1n) is 15.8. The van der Waals surface area contributed by atoms with Gasteiger partial charge in [-0.05, 0) is 67.5 Å². The summed E-state index contributed by atoms with van der Waals surface area (Å²) in [7, 11) is -3.32. The standard InChI is InChI=1S/C33H42ClN5O3S/c1-23-22-42-17-16-36(23)12-3-13-39-32-11-15-38(43(2,40)41)21-30(32)33(35-39)26-6-9-31(34)29(19-26)25-5-4-24-10-14-37(28-7-8-28)20-27(24)18-25/h4-6,9,18-19,23,28H,3,7-8,10-17,20-22H2,1-2H3/t23-/m0/s1. The molecule has 1 saturated heterocycles. The van der Waals surface area contributed by atoms with Crippen molar-refractivity contribution in [2.75, 3.05) is 45.6 Å². The van der Waals surface area contributed by atoms with E-state index in [0.717, 1.165) is 98.5 Å². The fraction of sp³-hybridized carbons (Fsp3) is 0.545. The lowest BCUT2D eigenvalue weighted by molar-refractivity contribution is -0.00122. The van der Waals surface area contributed by atoms with E-state index in [0.29, 0.717) is 30.6 Å². The topological polar surface area (TPSA) is 70.9 Å². The summed E-state index contributed by atoms with van der Waals surface area (Å²) in [5.74, 6) is 0. The molecule has 0 spiro atoms. The number of benzene rings is 2. The number of halogens is 1. The highest BCUT2D eigenvalue weighted by Crippen LogP contribution is 2.38. The van der Waals surface area contributed by atoms with Gasteiger partial charge in [-0.25, -0.2) is 8.42 Å². The van der Waals surface area contributed by atoms with Crippen molar-refractivity contribution in [2.45, 2.75) is 70.7 Å². The average molecular weight is 624 g/mol. The number of rotatable bonds is 8. The molecule has 4 aliphatic rings. The number of nitrogens with zero attached hydrogens (tertiary/aromatic N) is 5. The molecule has 2 aromatic carbocycles. The SMILES string of the molecule is C[C@H]1COCCN1CCCn1nc(-c2ccc(Cl)c(-c3ccc4c(c3)CN(C3CC3)CC4)c2)c2c1CCN(S(C)(=O)=O)C2. The number of aromatic nitrogens is 2. The van der Waals surface area contributed by atoms with Gasteiger partial charge in [0.15, 0.2) is 0 Å². The molecule has 1 atom stereocenters. The van der Waals surface area contributed by atoms with Crippen molar-refractivity contribution in [1.82, 2.24) is 23.9 Å². The van der Waals surface area contributed by atoms with Gasteiger partial charge in [0.25, 0.3) is 0 Å². The Labute approximate surface area is 260 Å². The summed E-state index contributed by atoms with van der Waals surface area (Å²) in [5.41, 5.74) is 8.94. The second kappa shape index (κ2) is 11.9. The zero-order valence-electron chi connectivity index (χ0n) is 25.3. The van der Waals surface area contributed by atoms with Gasteiger partial charge in [0.2, 0.25) is 10.0 Å². The minimum absolute atomic E-state index is 0.345. The molecular formula is C33H42ClN5O3S. The van der Waals surface area contributed by atoms with E-state index in [9.17, 15) is 8.42 Å². The van der Waals surface area contributed by atoms with E-state index in [1.165, 1.54) is 30.2 Å². The third-order valence-electron chi connectivity index (χ3n) is 9.75. The quantitative estimate of drug-likeness (QED) is 0.358. The van der Waals surface area contributed by atoms with E-state index >= 15 is 0 Å². The van der Waals surface area contributed by atoms with E-state index < -0.39 is 10.0 Å². The van der Waals surface area contributed by atoms with E-state index in [-0.39, 0.29) is 0 Å². The van der Waals surface area contributed by atoms with Crippen molar-refractivity contribution < 1.29 is 13.2 Å². The Balaban J connectivity index is 1.20. The molecule has 3 aromatic rings. The van der Waals surface area contributed by atoms with Gasteiger partial charge >= 0.3 is 0 Å². The first-order valence-corrected chi connectivity index (χ1v) is 18.0. The molecule has 0 amide bonds. The highest BCUT2D eigenvalue weighted by atomic mass is 35.5. The molecule has 3 aliphatic heterocycles. The maximum Gasteiger partial charge on any atom is 0.211 e. The van der Waals surface area contributed by atoms with Gasteiger partial charge in [0.05, 0.1) is 25.2 Å². The Bertz CT molecular complexity index is 1620. The van der Waals surface area contributed by atoms with Gasteiger partial charge in [-0.2, -0.15) is 9.40 Å². The Kier molecular flexibility index (Phi) is 8.16. The zero-order valence-corrected chi connectivity index (χ0v) is 26.8. The summed E-state index contributed by atoms with van der Waals surface area (Å²) >= 11 is 6.84. The maximum atomic E-state index is 12.6. The molecule has 0 radical (unpaired) electrons. The molecular weight excluding hydrogens is 582 g/mol. The van der Waals surface area contributed by atoms with Crippen molar-refractivity contribution in [2.24, 2.45) is 0 Å². The van der Waals surface area contributed by atoms with Crippen molar-refractivity contribution in [1.29, 1.82) is 0 Å². The Morgan fingerprint density at radius 2 is 1.81 bits per heavy atom. The number of hydrogen-bond acceptors (Lipinski definition) is 6. The maximum absolute atomic E-state index is 12.6. The van der Waals surface area contributed by atoms with Gasteiger partial charge in [-0.3, -0.25) is 14.5 Å². The molecule has 43 heavy (non-hydrogen) atoms. The largest absolute Gasteiger partial charge is 0.379 e. The van der Waals surface area contributed by atoms with Gasteiger partial charge in [0.1, 0.15) is 0 Å². The second-order valence-corrected chi connectivity index (χ2v) is 15.2. The molecule has 8 nitrogen and oxygen atoms in total. The van der Waals surface area contributed by atoms with Crippen LogP contribution in [0.25, 0.3) is 22.4 Å². The molecule has 2 fully saturated rings. The van der Waals surface area contributed by atoms with Crippen LogP contribution in [0.2, 0.25) is 5.02 Å². The summed E-state index contributed by atoms with van der Waals surface area (Å²) < 4.78 is 34.4. The van der Waals surface area contributed by atoms with Crippen molar-refractivity contribution in [3.63, 3.8) is 0 Å². The van der Waals surface area contributed by atoms with Crippen molar-refractivity contribution in [3.8, 4) is 22.4 Å². The smallest absolute Gasteiger partial charge is 0.211 e. The van der Waals surface area contributed by atoms with Crippen LogP contribution in [0.15, 0.2) is 36.4 Å². The number of hydrogen-bond donors (Lipinski definition) is 0. The summed E-state index contributed by atoms with van der Waals surface area (Å²) in [4.78, 5) is 5.11. The van der Waals surface area contributed by atoms with E-state index in [1.54, 1.807) is 4.31 Å². The fourth-order valence-corrected chi connectivity index (χ4v) is 8.09. The van der Waals surface area contributed by atoms with Gasteiger partial charge < -0.3 is 4.74 Å². The Morgan fingerprint density at radius 1 is 0.977 bits per heavy atom. The molecule has 0 N–H and O–H groups in total. The van der Waals surface area contributed by atoms with Gasteiger partial charge in [-0.15, -0.1) is 0 Å². The molecule has 4 heterocycles. The lowest BCUT2D eigenvalue weighted by Gasteiger charge is -2.33. The molecule has 0 unspecified atom stereocenters. The van der Waals surface area contributed by atoms with E-state index in [1.807, 2.05) is 12.1 Å². The highest BCUT2D eigenvalue weighted by Gasteiger charge is 2.32. The number of sulfonamides is 1. The molecule has 1 saturated carbocycles. The summed E-state index contributed by atoms with van der Waals surface area (Å²) in [6, 6.07) is 14.1. The lowest BCUT2D eigenvalue weighted by Crippen LogP contribution is -2.44. The molecule has 10 heteroatoms. The first-order chi connectivity index (χ1) is 20.7. The summed E-state index contributed by atoms with van der Waals surface area (Å²) in [6.45, 7) is 9.52. The minimum Gasteiger partial charge on any atom is -0.379 e. The van der Waals surface area contributed by atoms with Crippen LogP contribution in [0, 0.1) is 0 Å². The van der Waals surface area contributed by atoms with Crippen LogP contribution in [-0.4, -0.2) is 90.0 Å². The third kappa shape index (κ3) is 6.17. The first kappa shape index (κ1) is 29.4. The van der Waals surface area contributed by atoms with Crippen LogP contribution in [-0.2, 0) is 47.2 Å². The van der Waals surface area contributed by atoms with Crippen molar-refractivity contribution in [3.05, 3.63) is 63.8 Å². The normalized spacial score (nSPS) is 22.0. The van der Waals surface area contributed by atoms with Crippen LogP contribution >= 0.6 is 11.6 Å². The molecule has 1 aromatic heterocycles. The predicted molar refractivity (Wildman–Crippen MR) is 171 cm³/mol. The molecule has 0 bridgehead atoms. The number of fused-ring (bicyclic) bond motifs is 2. The number of aryl methyl sites for hydroxylation is 1. The third-order valence-corrected chi connectivity index (χ3v) is 11.3. The minimum atomic E-state index is -3.32. The lowest BCUT2D eigenvalue weighted by atomic mass is 9.93. The van der Waals surface area contributed by atoms with Crippen LogP contribution in [0.1, 0.15) is 48.6 Å². The monoisotopic (exact) mass is 623 g/mol. The Hall–Kier alpha value is -2.27. The molecule has 7 rings (SSSR count). The highest BCUT2D eigenvalue weighted by molar-refractivity contribution is 7.88. The fourth-order valence-electron chi connectivity index (χ4n) is 7.07. The van der Waals surface area contributed by atoms with Crippen molar-refractivity contribution >= 4 is 21.6 Å². The van der Waals surface area contributed by atoms with Crippen LogP contribution in [0.3, 0.4) is 0 Å². The average Bonchev–Trinajstić information content (AvgIpc) is 3.79. The van der Waals surface area contributed by atoms with Crippen LogP contribution in [0.4, 0.5) is 0 Å². The van der Waals surface area contributed by atoms with E-state index in [2.05, 4.69) is 45.7 Å². The zero-order chi connectivity index (χ0) is 29.7. The Morgan fingerprint density at radius 3 is 2.60 bits per heavy atom. The predicted octanol–water partition coefficient (Wildman–Crippen LogP) is 4.82. The summed E-state index contributed by atoms with van der Waals surface area (Å²) in [5, 5.41) is 5.87. The molecule has 230 valence electrons. The summed E-state index contributed by atoms with van der Waals surface area (Å²) in [6.07, 6.45) is 6.68. The number of ether oxygens (including phenoxy) is 1.